The Hall–Kier alpha value is -1.48. The van der Waals surface area contributed by atoms with Crippen molar-refractivity contribution in [3.05, 3.63) is 53.0 Å². The van der Waals surface area contributed by atoms with Crippen LogP contribution < -0.4 is 9.47 Å². The molecule has 2 aromatic rings. The maximum absolute atomic E-state index is 5.67. The molecule has 0 amide bonds. The standard InChI is InChI=1S/C13H11BrO2/c1-15-11-5-7-12(8-6-11)16-13-4-2-3-10(14)9-13/h2-9H,1H3. The highest BCUT2D eigenvalue weighted by molar-refractivity contribution is 9.10. The highest BCUT2D eigenvalue weighted by Crippen LogP contribution is 2.25. The molecule has 0 heterocycles. The van der Waals surface area contributed by atoms with Gasteiger partial charge in [0.05, 0.1) is 7.11 Å². The van der Waals surface area contributed by atoms with Gasteiger partial charge in [-0.3, -0.25) is 0 Å². The first-order valence-electron chi connectivity index (χ1n) is 4.85. The van der Waals surface area contributed by atoms with Crippen LogP contribution in [-0.2, 0) is 0 Å². The molecule has 82 valence electrons. The maximum Gasteiger partial charge on any atom is 0.128 e. The summed E-state index contributed by atoms with van der Waals surface area (Å²) < 4.78 is 11.7. The van der Waals surface area contributed by atoms with Crippen LogP contribution in [0.1, 0.15) is 0 Å². The molecule has 0 aliphatic carbocycles. The van der Waals surface area contributed by atoms with Gasteiger partial charge < -0.3 is 9.47 Å². The number of methoxy groups -OCH3 is 1. The largest absolute Gasteiger partial charge is 0.497 e. The number of rotatable bonds is 3. The zero-order valence-corrected chi connectivity index (χ0v) is 10.4. The Balaban J connectivity index is 2.14. The summed E-state index contributed by atoms with van der Waals surface area (Å²) in [5, 5.41) is 0. The molecular weight excluding hydrogens is 268 g/mol. The van der Waals surface area contributed by atoms with Gasteiger partial charge in [0.1, 0.15) is 17.2 Å². The van der Waals surface area contributed by atoms with Gasteiger partial charge in [-0.15, -0.1) is 0 Å². The highest BCUT2D eigenvalue weighted by atomic mass is 79.9. The molecule has 0 aliphatic rings. The van der Waals surface area contributed by atoms with Crippen LogP contribution in [0.4, 0.5) is 0 Å². The van der Waals surface area contributed by atoms with Crippen LogP contribution in [0.2, 0.25) is 0 Å². The van der Waals surface area contributed by atoms with Gasteiger partial charge in [0.15, 0.2) is 0 Å². The molecule has 0 fully saturated rings. The molecular formula is C13H11BrO2. The average molecular weight is 279 g/mol. The smallest absolute Gasteiger partial charge is 0.128 e. The Morgan fingerprint density at radius 1 is 0.875 bits per heavy atom. The number of hydrogen-bond acceptors (Lipinski definition) is 2. The molecule has 0 bridgehead atoms. The second kappa shape index (κ2) is 5.03. The minimum Gasteiger partial charge on any atom is -0.497 e. The van der Waals surface area contributed by atoms with Crippen LogP contribution in [0.5, 0.6) is 17.2 Å². The van der Waals surface area contributed by atoms with Crippen molar-refractivity contribution in [3.8, 4) is 17.2 Å². The molecule has 0 aromatic heterocycles. The third kappa shape index (κ3) is 2.76. The Morgan fingerprint density at radius 2 is 1.56 bits per heavy atom. The van der Waals surface area contributed by atoms with Crippen molar-refractivity contribution in [3.63, 3.8) is 0 Å². The van der Waals surface area contributed by atoms with E-state index in [1.54, 1.807) is 7.11 Å². The monoisotopic (exact) mass is 278 g/mol. The minimum atomic E-state index is 0.791. The molecule has 0 saturated heterocycles. The molecule has 0 N–H and O–H groups in total. The lowest BCUT2D eigenvalue weighted by Gasteiger charge is -2.06. The predicted octanol–water partition coefficient (Wildman–Crippen LogP) is 4.25. The van der Waals surface area contributed by atoms with Crippen molar-refractivity contribution < 1.29 is 9.47 Å². The van der Waals surface area contributed by atoms with E-state index in [0.717, 1.165) is 21.7 Å². The fourth-order valence-corrected chi connectivity index (χ4v) is 1.69. The molecule has 0 radical (unpaired) electrons. The van der Waals surface area contributed by atoms with Gasteiger partial charge in [0.2, 0.25) is 0 Å². The van der Waals surface area contributed by atoms with Crippen LogP contribution in [0.15, 0.2) is 53.0 Å². The number of ether oxygens (including phenoxy) is 2. The summed E-state index contributed by atoms with van der Waals surface area (Å²) in [5.41, 5.74) is 0. The SMILES string of the molecule is COc1ccc(Oc2cccc(Br)c2)cc1. The van der Waals surface area contributed by atoms with E-state index >= 15 is 0 Å². The van der Waals surface area contributed by atoms with Gasteiger partial charge in [-0.2, -0.15) is 0 Å². The maximum atomic E-state index is 5.67. The van der Waals surface area contributed by atoms with Gasteiger partial charge in [-0.1, -0.05) is 22.0 Å². The Labute approximate surface area is 103 Å². The van der Waals surface area contributed by atoms with Crippen molar-refractivity contribution in [2.45, 2.75) is 0 Å². The van der Waals surface area contributed by atoms with Crippen molar-refractivity contribution in [2.24, 2.45) is 0 Å². The molecule has 16 heavy (non-hydrogen) atoms. The molecule has 3 heteroatoms. The third-order valence-corrected chi connectivity index (χ3v) is 2.58. The van der Waals surface area contributed by atoms with Crippen LogP contribution in [0.25, 0.3) is 0 Å². The highest BCUT2D eigenvalue weighted by Gasteiger charge is 1.98. The van der Waals surface area contributed by atoms with E-state index in [0.29, 0.717) is 0 Å². The van der Waals surface area contributed by atoms with Crippen LogP contribution >= 0.6 is 15.9 Å². The second-order valence-corrected chi connectivity index (χ2v) is 4.15. The zero-order chi connectivity index (χ0) is 11.4. The van der Waals surface area contributed by atoms with Crippen molar-refractivity contribution in [1.82, 2.24) is 0 Å². The lowest BCUT2D eigenvalue weighted by Crippen LogP contribution is -1.85. The van der Waals surface area contributed by atoms with Gasteiger partial charge in [-0.25, -0.2) is 0 Å². The first-order chi connectivity index (χ1) is 7.78. The minimum absolute atomic E-state index is 0.791. The van der Waals surface area contributed by atoms with Crippen molar-refractivity contribution >= 4 is 15.9 Å². The predicted molar refractivity (Wildman–Crippen MR) is 67.2 cm³/mol. The summed E-state index contributed by atoms with van der Waals surface area (Å²) >= 11 is 3.40. The average Bonchev–Trinajstić information content (AvgIpc) is 2.30. The van der Waals surface area contributed by atoms with E-state index in [2.05, 4.69) is 15.9 Å². The Morgan fingerprint density at radius 3 is 2.19 bits per heavy atom. The van der Waals surface area contributed by atoms with Crippen LogP contribution in [0.3, 0.4) is 0 Å². The summed E-state index contributed by atoms with van der Waals surface area (Å²) in [7, 11) is 1.64. The number of benzene rings is 2. The summed E-state index contributed by atoms with van der Waals surface area (Å²) in [6, 6.07) is 15.2. The summed E-state index contributed by atoms with van der Waals surface area (Å²) in [6.07, 6.45) is 0. The van der Waals surface area contributed by atoms with E-state index in [1.807, 2.05) is 48.5 Å². The molecule has 0 spiro atoms. The molecule has 0 aliphatic heterocycles. The van der Waals surface area contributed by atoms with Crippen LogP contribution in [0, 0.1) is 0 Å². The van der Waals surface area contributed by atoms with Crippen LogP contribution in [-0.4, -0.2) is 7.11 Å². The quantitative estimate of drug-likeness (QED) is 0.836. The zero-order valence-electron chi connectivity index (χ0n) is 8.81. The second-order valence-electron chi connectivity index (χ2n) is 3.23. The molecule has 2 rings (SSSR count). The molecule has 2 aromatic carbocycles. The van der Waals surface area contributed by atoms with Crippen molar-refractivity contribution in [2.75, 3.05) is 7.11 Å². The number of halogens is 1. The molecule has 0 atom stereocenters. The van der Waals surface area contributed by atoms with E-state index in [9.17, 15) is 0 Å². The molecule has 2 nitrogen and oxygen atoms in total. The fraction of sp³-hybridized carbons (Fsp3) is 0.0769. The van der Waals surface area contributed by atoms with E-state index in [-0.39, 0.29) is 0 Å². The molecule has 0 saturated carbocycles. The Bertz CT molecular complexity index is 466. The van der Waals surface area contributed by atoms with E-state index in [4.69, 9.17) is 9.47 Å². The van der Waals surface area contributed by atoms with Gasteiger partial charge in [-0.05, 0) is 42.5 Å². The van der Waals surface area contributed by atoms with E-state index in [1.165, 1.54) is 0 Å². The summed E-state index contributed by atoms with van der Waals surface area (Å²) in [6.45, 7) is 0. The lowest BCUT2D eigenvalue weighted by molar-refractivity contribution is 0.413. The summed E-state index contributed by atoms with van der Waals surface area (Å²) in [4.78, 5) is 0. The fourth-order valence-electron chi connectivity index (χ4n) is 1.31. The van der Waals surface area contributed by atoms with Gasteiger partial charge >= 0.3 is 0 Å². The normalized spacial score (nSPS) is 9.88. The van der Waals surface area contributed by atoms with Crippen molar-refractivity contribution in [1.29, 1.82) is 0 Å². The van der Waals surface area contributed by atoms with Gasteiger partial charge in [0.25, 0.3) is 0 Å². The lowest BCUT2D eigenvalue weighted by atomic mass is 10.3. The third-order valence-electron chi connectivity index (χ3n) is 2.09. The topological polar surface area (TPSA) is 18.5 Å². The number of hydrogen-bond donors (Lipinski definition) is 0. The first kappa shape index (κ1) is 11.0. The van der Waals surface area contributed by atoms with Gasteiger partial charge in [0, 0.05) is 4.47 Å². The Kier molecular flexibility index (Phi) is 3.47. The summed E-state index contributed by atoms with van der Waals surface area (Å²) in [5.74, 6) is 2.42. The first-order valence-corrected chi connectivity index (χ1v) is 5.65. The molecule has 0 unspecified atom stereocenters. The van der Waals surface area contributed by atoms with E-state index < -0.39 is 0 Å².